The third-order valence-electron chi connectivity index (χ3n) is 7.81. The van der Waals surface area contributed by atoms with Gasteiger partial charge in [0.15, 0.2) is 0 Å². The minimum atomic E-state index is -0.837. The van der Waals surface area contributed by atoms with Gasteiger partial charge in [0.25, 0.3) is 0 Å². The first kappa shape index (κ1) is 22.8. The standard InChI is InChI=1S/C24H40O5/c1-16-8-7-12-22(3,4)18(16)9-15-24(6)20(27-24)11-14-23(5)13-10-19(28-29-23)17(2)21(25)26/h17,19-20H,7-15H2,1-6H3,(H,25,26)/t17-,19-,20?,23+,24?/m0/s1. The van der Waals surface area contributed by atoms with Crippen LogP contribution >= 0.6 is 0 Å². The summed E-state index contributed by atoms with van der Waals surface area (Å²) in [5.74, 6) is -1.38. The van der Waals surface area contributed by atoms with E-state index in [0.29, 0.717) is 5.41 Å². The van der Waals surface area contributed by atoms with Crippen LogP contribution in [0, 0.1) is 11.3 Å². The second-order valence-corrected chi connectivity index (χ2v) is 10.8. The van der Waals surface area contributed by atoms with Crippen LogP contribution in [0.4, 0.5) is 0 Å². The maximum Gasteiger partial charge on any atom is 0.308 e. The second kappa shape index (κ2) is 8.32. The molecule has 0 aromatic heterocycles. The number of hydrogen-bond acceptors (Lipinski definition) is 4. The van der Waals surface area contributed by atoms with Gasteiger partial charge < -0.3 is 9.84 Å². The van der Waals surface area contributed by atoms with Crippen LogP contribution in [0.2, 0.25) is 0 Å². The smallest absolute Gasteiger partial charge is 0.308 e. The first-order chi connectivity index (χ1) is 13.5. The van der Waals surface area contributed by atoms with Crippen LogP contribution in [-0.2, 0) is 19.3 Å². The Kier molecular flexibility index (Phi) is 6.53. The van der Waals surface area contributed by atoms with Crippen molar-refractivity contribution in [1.82, 2.24) is 0 Å². The number of aliphatic carboxylic acids is 1. The lowest BCUT2D eigenvalue weighted by molar-refractivity contribution is -0.411. The predicted molar refractivity (Wildman–Crippen MR) is 112 cm³/mol. The van der Waals surface area contributed by atoms with Crippen molar-refractivity contribution in [2.45, 2.75) is 123 Å². The summed E-state index contributed by atoms with van der Waals surface area (Å²) in [6.45, 7) is 13.1. The summed E-state index contributed by atoms with van der Waals surface area (Å²) in [6.07, 6.45) is 9.35. The van der Waals surface area contributed by atoms with Crippen LogP contribution in [0.3, 0.4) is 0 Å². The maximum atomic E-state index is 11.1. The largest absolute Gasteiger partial charge is 0.481 e. The Bertz CT molecular complexity index is 644. The molecule has 5 atom stereocenters. The number of carboxylic acids is 1. The SMILES string of the molecule is CC1=C(CCC2(C)OC2CC[C@@]2(C)CC[C@@H]([C@H](C)C(=O)O)OO2)C(C)(C)CCC1. The Balaban J connectivity index is 1.44. The van der Waals surface area contributed by atoms with Crippen molar-refractivity contribution in [3.05, 3.63) is 11.1 Å². The molecule has 1 N–H and O–H groups in total. The van der Waals surface area contributed by atoms with Crippen molar-refractivity contribution < 1.29 is 24.4 Å². The van der Waals surface area contributed by atoms with E-state index >= 15 is 0 Å². The molecule has 2 heterocycles. The lowest BCUT2D eigenvalue weighted by atomic mass is 9.70. The molecule has 0 bridgehead atoms. The molecule has 0 saturated carbocycles. The maximum absolute atomic E-state index is 11.1. The average molecular weight is 409 g/mol. The van der Waals surface area contributed by atoms with Gasteiger partial charge >= 0.3 is 5.97 Å². The Morgan fingerprint density at radius 3 is 2.52 bits per heavy atom. The predicted octanol–water partition coefficient (Wildman–Crippen LogP) is 5.82. The van der Waals surface area contributed by atoms with E-state index in [2.05, 4.69) is 34.6 Å². The molecule has 1 aliphatic carbocycles. The number of hydrogen-bond donors (Lipinski definition) is 1. The summed E-state index contributed by atoms with van der Waals surface area (Å²) in [5, 5.41) is 9.14. The van der Waals surface area contributed by atoms with E-state index in [1.165, 1.54) is 19.3 Å². The van der Waals surface area contributed by atoms with E-state index < -0.39 is 11.9 Å². The monoisotopic (exact) mass is 408 g/mol. The van der Waals surface area contributed by atoms with Crippen LogP contribution in [0.1, 0.15) is 99.3 Å². The first-order valence-corrected chi connectivity index (χ1v) is 11.4. The quantitative estimate of drug-likeness (QED) is 0.311. The lowest BCUT2D eigenvalue weighted by Gasteiger charge is -2.37. The molecule has 2 unspecified atom stereocenters. The highest BCUT2D eigenvalue weighted by molar-refractivity contribution is 5.70. The number of carbonyl (C=O) groups is 1. The van der Waals surface area contributed by atoms with Crippen molar-refractivity contribution in [3.63, 3.8) is 0 Å². The fraction of sp³-hybridized carbons (Fsp3) is 0.875. The molecule has 3 aliphatic rings. The second-order valence-electron chi connectivity index (χ2n) is 10.8. The Morgan fingerprint density at radius 2 is 1.93 bits per heavy atom. The summed E-state index contributed by atoms with van der Waals surface area (Å²) >= 11 is 0. The van der Waals surface area contributed by atoms with Crippen LogP contribution in [0.5, 0.6) is 0 Å². The molecule has 29 heavy (non-hydrogen) atoms. The number of carboxylic acid groups (broad SMARTS) is 1. The molecule has 0 aromatic rings. The highest BCUT2D eigenvalue weighted by Gasteiger charge is 2.52. The number of ether oxygens (including phenoxy) is 1. The third-order valence-corrected chi connectivity index (χ3v) is 7.81. The highest BCUT2D eigenvalue weighted by atomic mass is 17.2. The molecule has 0 amide bonds. The number of epoxide rings is 1. The molecule has 0 aromatic carbocycles. The van der Waals surface area contributed by atoms with E-state index in [1.807, 2.05) is 0 Å². The molecule has 0 spiro atoms. The van der Waals surface area contributed by atoms with Gasteiger partial charge in [0.1, 0.15) is 11.7 Å². The molecular formula is C24H40O5. The summed E-state index contributed by atoms with van der Waals surface area (Å²) in [5.41, 5.74) is 3.19. The zero-order chi connectivity index (χ0) is 21.4. The van der Waals surface area contributed by atoms with Crippen molar-refractivity contribution in [2.24, 2.45) is 11.3 Å². The van der Waals surface area contributed by atoms with Gasteiger partial charge in [-0.1, -0.05) is 25.0 Å². The molecule has 166 valence electrons. The van der Waals surface area contributed by atoms with Gasteiger partial charge in [-0.15, -0.1) is 0 Å². The molecule has 0 radical (unpaired) electrons. The minimum Gasteiger partial charge on any atom is -0.481 e. The van der Waals surface area contributed by atoms with Crippen LogP contribution in [0.15, 0.2) is 11.1 Å². The van der Waals surface area contributed by atoms with E-state index in [1.54, 1.807) is 18.1 Å². The van der Waals surface area contributed by atoms with E-state index in [4.69, 9.17) is 19.6 Å². The van der Waals surface area contributed by atoms with E-state index in [-0.39, 0.29) is 23.4 Å². The topological polar surface area (TPSA) is 68.3 Å². The molecule has 3 rings (SSSR count). The average Bonchev–Trinajstić information content (AvgIpc) is 3.29. The van der Waals surface area contributed by atoms with Gasteiger partial charge in [0, 0.05) is 0 Å². The zero-order valence-electron chi connectivity index (χ0n) is 19.2. The van der Waals surface area contributed by atoms with Crippen LogP contribution in [0.25, 0.3) is 0 Å². The third kappa shape index (κ3) is 5.23. The fourth-order valence-corrected chi connectivity index (χ4v) is 5.29. The van der Waals surface area contributed by atoms with Gasteiger partial charge in [-0.25, -0.2) is 9.78 Å². The Morgan fingerprint density at radius 1 is 1.21 bits per heavy atom. The Hall–Kier alpha value is -0.910. The van der Waals surface area contributed by atoms with Crippen LogP contribution < -0.4 is 0 Å². The number of allylic oxidation sites excluding steroid dienone is 2. The minimum absolute atomic E-state index is 0.0208. The van der Waals surface area contributed by atoms with Gasteiger partial charge in [-0.05, 0) is 90.9 Å². The number of rotatable bonds is 8. The molecule has 5 nitrogen and oxygen atoms in total. The Labute approximate surface area is 176 Å². The van der Waals surface area contributed by atoms with Crippen LogP contribution in [-0.4, -0.2) is 34.5 Å². The molecule has 2 saturated heterocycles. The highest BCUT2D eigenvalue weighted by Crippen LogP contribution is 2.49. The van der Waals surface area contributed by atoms with E-state index in [9.17, 15) is 4.79 Å². The van der Waals surface area contributed by atoms with Gasteiger partial charge in [-0.3, -0.25) is 4.79 Å². The summed E-state index contributed by atoms with van der Waals surface area (Å²) < 4.78 is 6.13. The van der Waals surface area contributed by atoms with Gasteiger partial charge in [0.05, 0.1) is 17.6 Å². The molecule has 2 aliphatic heterocycles. The summed E-state index contributed by atoms with van der Waals surface area (Å²) in [7, 11) is 0. The first-order valence-electron chi connectivity index (χ1n) is 11.4. The molecular weight excluding hydrogens is 368 g/mol. The van der Waals surface area contributed by atoms with Crippen molar-refractivity contribution in [3.8, 4) is 0 Å². The van der Waals surface area contributed by atoms with Crippen molar-refractivity contribution in [2.75, 3.05) is 0 Å². The van der Waals surface area contributed by atoms with Crippen molar-refractivity contribution in [1.29, 1.82) is 0 Å². The van der Waals surface area contributed by atoms with Gasteiger partial charge in [-0.2, -0.15) is 0 Å². The molecule has 2 fully saturated rings. The van der Waals surface area contributed by atoms with Gasteiger partial charge in [0.2, 0.25) is 0 Å². The summed E-state index contributed by atoms with van der Waals surface area (Å²) in [4.78, 5) is 22.3. The van der Waals surface area contributed by atoms with E-state index in [0.717, 1.165) is 38.5 Å². The zero-order valence-corrected chi connectivity index (χ0v) is 19.2. The van der Waals surface area contributed by atoms with Crippen molar-refractivity contribution >= 4 is 5.97 Å². The fourth-order valence-electron chi connectivity index (χ4n) is 5.29. The lowest BCUT2D eigenvalue weighted by Crippen LogP contribution is -2.41. The molecule has 5 heteroatoms. The summed E-state index contributed by atoms with van der Waals surface area (Å²) in [6, 6.07) is 0. The normalized spacial score (nSPS) is 38.0.